The van der Waals surface area contributed by atoms with Gasteiger partial charge in [0, 0.05) is 31.2 Å². The number of amides is 1. The molecule has 0 saturated carbocycles. The minimum atomic E-state index is -0.486. The maximum Gasteiger partial charge on any atom is 0.276 e. The number of fused-ring (bicyclic) bond motifs is 1. The molecule has 0 spiro atoms. The van der Waals surface area contributed by atoms with Crippen LogP contribution in [-0.4, -0.2) is 53.1 Å². The summed E-state index contributed by atoms with van der Waals surface area (Å²) in [5.74, 6) is 0.0529. The Kier molecular flexibility index (Phi) is 7.47. The molecule has 32 heavy (non-hydrogen) atoms. The molecular weight excluding hydrogens is 448 g/mol. The standard InChI is InChI=1S/C23H25ClN4O3S/c1-32-15-28-20-7-4-17(14-27-8-10-31-11-9-27)12-19(20)22(29)21(26-28)23(30)25-13-16-2-5-18(24)6-3-16/h2-7,12H,8-11,13-15H2,1H3,(H,25,30). The Morgan fingerprint density at radius 1 is 1.16 bits per heavy atom. The van der Waals surface area contributed by atoms with Crippen LogP contribution in [0.25, 0.3) is 10.9 Å². The Balaban J connectivity index is 1.63. The Morgan fingerprint density at radius 3 is 2.59 bits per heavy atom. The third-order valence-corrected chi connectivity index (χ3v) is 6.12. The average Bonchev–Trinajstić information content (AvgIpc) is 2.81. The number of hydrogen-bond acceptors (Lipinski definition) is 6. The van der Waals surface area contributed by atoms with Crippen molar-refractivity contribution in [3.8, 4) is 0 Å². The molecule has 168 valence electrons. The number of benzene rings is 2. The SMILES string of the molecule is CSCn1nc(C(=O)NCc2ccc(Cl)cc2)c(=O)c2cc(CN3CCOCC3)ccc21. The molecule has 2 aromatic carbocycles. The number of ether oxygens (including phenoxy) is 1. The van der Waals surface area contributed by atoms with Crippen molar-refractivity contribution >= 4 is 40.2 Å². The van der Waals surface area contributed by atoms with Crippen LogP contribution in [0.2, 0.25) is 5.02 Å². The number of aromatic nitrogens is 2. The lowest BCUT2D eigenvalue weighted by molar-refractivity contribution is 0.0342. The van der Waals surface area contributed by atoms with Crippen molar-refractivity contribution in [1.29, 1.82) is 0 Å². The van der Waals surface area contributed by atoms with Gasteiger partial charge in [-0.15, -0.1) is 11.8 Å². The van der Waals surface area contributed by atoms with Gasteiger partial charge in [-0.3, -0.25) is 19.2 Å². The van der Waals surface area contributed by atoms with Crippen LogP contribution in [0.5, 0.6) is 0 Å². The highest BCUT2D eigenvalue weighted by Crippen LogP contribution is 2.17. The zero-order valence-electron chi connectivity index (χ0n) is 17.8. The number of carbonyl (C=O) groups is 1. The Hall–Kier alpha value is -2.39. The van der Waals surface area contributed by atoms with Crippen LogP contribution < -0.4 is 10.7 Å². The summed E-state index contributed by atoms with van der Waals surface area (Å²) in [5, 5.41) is 8.33. The number of carbonyl (C=O) groups excluding carboxylic acids is 1. The topological polar surface area (TPSA) is 76.5 Å². The molecule has 0 aliphatic carbocycles. The summed E-state index contributed by atoms with van der Waals surface area (Å²) in [4.78, 5) is 28.4. The maximum absolute atomic E-state index is 13.2. The first-order chi connectivity index (χ1) is 15.5. The Morgan fingerprint density at radius 2 is 1.88 bits per heavy atom. The molecule has 1 aliphatic rings. The zero-order chi connectivity index (χ0) is 22.5. The van der Waals surface area contributed by atoms with E-state index in [1.165, 1.54) is 0 Å². The van der Waals surface area contributed by atoms with Gasteiger partial charge in [-0.1, -0.05) is 29.8 Å². The summed E-state index contributed by atoms with van der Waals surface area (Å²) in [5.41, 5.74) is 2.20. The van der Waals surface area contributed by atoms with E-state index < -0.39 is 5.91 Å². The summed E-state index contributed by atoms with van der Waals surface area (Å²) in [6.07, 6.45) is 1.96. The van der Waals surface area contributed by atoms with Crippen molar-refractivity contribution in [2.75, 3.05) is 32.6 Å². The van der Waals surface area contributed by atoms with Crippen molar-refractivity contribution in [3.63, 3.8) is 0 Å². The van der Waals surface area contributed by atoms with Gasteiger partial charge < -0.3 is 10.1 Å². The quantitative estimate of drug-likeness (QED) is 0.569. The molecule has 0 bridgehead atoms. The molecule has 0 unspecified atom stereocenters. The molecule has 3 aromatic rings. The highest BCUT2D eigenvalue weighted by Gasteiger charge is 2.18. The van der Waals surface area contributed by atoms with Gasteiger partial charge in [0.15, 0.2) is 5.69 Å². The van der Waals surface area contributed by atoms with E-state index in [-0.39, 0.29) is 17.7 Å². The van der Waals surface area contributed by atoms with E-state index in [4.69, 9.17) is 16.3 Å². The highest BCUT2D eigenvalue weighted by molar-refractivity contribution is 7.97. The molecule has 0 radical (unpaired) electrons. The van der Waals surface area contributed by atoms with Crippen molar-refractivity contribution in [3.05, 3.63) is 74.5 Å². The summed E-state index contributed by atoms with van der Waals surface area (Å²) in [6, 6.07) is 13.0. The van der Waals surface area contributed by atoms with E-state index in [1.807, 2.05) is 36.6 Å². The van der Waals surface area contributed by atoms with Crippen molar-refractivity contribution in [1.82, 2.24) is 20.0 Å². The van der Waals surface area contributed by atoms with Gasteiger partial charge in [0.2, 0.25) is 5.43 Å². The third kappa shape index (κ3) is 5.32. The van der Waals surface area contributed by atoms with Crippen molar-refractivity contribution in [2.24, 2.45) is 0 Å². The first kappa shape index (κ1) is 22.8. The second kappa shape index (κ2) is 10.5. The number of nitrogens with one attached hydrogen (secondary N) is 1. The van der Waals surface area contributed by atoms with Crippen LogP contribution in [0.15, 0.2) is 47.3 Å². The molecule has 4 rings (SSSR count). The smallest absolute Gasteiger partial charge is 0.276 e. The summed E-state index contributed by atoms with van der Waals surface area (Å²) in [7, 11) is 0. The molecule has 1 N–H and O–H groups in total. The molecule has 2 heterocycles. The molecule has 1 amide bonds. The summed E-state index contributed by atoms with van der Waals surface area (Å²) >= 11 is 7.49. The van der Waals surface area contributed by atoms with Crippen LogP contribution >= 0.6 is 23.4 Å². The number of nitrogens with zero attached hydrogens (tertiary/aromatic N) is 3. The lowest BCUT2D eigenvalue weighted by Crippen LogP contribution is -2.35. The van der Waals surface area contributed by atoms with E-state index in [0.29, 0.717) is 16.3 Å². The molecule has 1 aromatic heterocycles. The lowest BCUT2D eigenvalue weighted by Gasteiger charge is -2.26. The maximum atomic E-state index is 13.2. The minimum absolute atomic E-state index is 0.0935. The summed E-state index contributed by atoms with van der Waals surface area (Å²) in [6.45, 7) is 4.19. The van der Waals surface area contributed by atoms with E-state index in [0.717, 1.165) is 49.5 Å². The monoisotopic (exact) mass is 472 g/mol. The van der Waals surface area contributed by atoms with Gasteiger partial charge in [0.1, 0.15) is 0 Å². The van der Waals surface area contributed by atoms with Crippen molar-refractivity contribution < 1.29 is 9.53 Å². The van der Waals surface area contributed by atoms with Crippen LogP contribution in [0.3, 0.4) is 0 Å². The largest absolute Gasteiger partial charge is 0.379 e. The van der Waals surface area contributed by atoms with Crippen molar-refractivity contribution in [2.45, 2.75) is 19.0 Å². The predicted octanol–water partition coefficient (Wildman–Crippen LogP) is 3.13. The fourth-order valence-electron chi connectivity index (χ4n) is 3.69. The molecule has 7 nitrogen and oxygen atoms in total. The van der Waals surface area contributed by atoms with Gasteiger partial charge in [-0.05, 0) is 41.6 Å². The minimum Gasteiger partial charge on any atom is -0.379 e. The van der Waals surface area contributed by atoms with Crippen LogP contribution in [0.4, 0.5) is 0 Å². The normalized spacial score (nSPS) is 14.6. The highest BCUT2D eigenvalue weighted by atomic mass is 35.5. The predicted molar refractivity (Wildman–Crippen MR) is 128 cm³/mol. The zero-order valence-corrected chi connectivity index (χ0v) is 19.4. The van der Waals surface area contributed by atoms with E-state index >= 15 is 0 Å². The van der Waals surface area contributed by atoms with Gasteiger partial charge in [-0.25, -0.2) is 0 Å². The number of rotatable bonds is 7. The molecule has 1 aliphatic heterocycles. The number of morpholine rings is 1. The third-order valence-electron chi connectivity index (χ3n) is 5.36. The Labute approximate surface area is 195 Å². The van der Waals surface area contributed by atoms with Gasteiger partial charge in [0.25, 0.3) is 5.91 Å². The first-order valence-electron chi connectivity index (χ1n) is 10.4. The molecule has 1 fully saturated rings. The van der Waals surface area contributed by atoms with E-state index in [1.54, 1.807) is 28.6 Å². The van der Waals surface area contributed by atoms with Crippen LogP contribution in [0.1, 0.15) is 21.6 Å². The molecule has 0 atom stereocenters. The fraction of sp³-hybridized carbons (Fsp3) is 0.348. The van der Waals surface area contributed by atoms with Gasteiger partial charge >= 0.3 is 0 Å². The van der Waals surface area contributed by atoms with E-state index in [9.17, 15) is 9.59 Å². The second-order valence-electron chi connectivity index (χ2n) is 7.64. The molecule has 9 heteroatoms. The van der Waals surface area contributed by atoms with E-state index in [2.05, 4.69) is 15.3 Å². The van der Waals surface area contributed by atoms with Crippen LogP contribution in [0, 0.1) is 0 Å². The van der Waals surface area contributed by atoms with Crippen LogP contribution in [-0.2, 0) is 23.7 Å². The molecular formula is C23H25ClN4O3S. The van der Waals surface area contributed by atoms with Gasteiger partial charge in [-0.2, -0.15) is 5.10 Å². The Bertz CT molecular complexity index is 1160. The first-order valence-corrected chi connectivity index (χ1v) is 12.2. The second-order valence-corrected chi connectivity index (χ2v) is 8.92. The molecule has 1 saturated heterocycles. The number of thioether (sulfide) groups is 1. The lowest BCUT2D eigenvalue weighted by atomic mass is 10.1. The number of hydrogen-bond donors (Lipinski definition) is 1. The van der Waals surface area contributed by atoms with Gasteiger partial charge in [0.05, 0.1) is 30.0 Å². The average molecular weight is 473 g/mol. The number of halogens is 1. The fourth-order valence-corrected chi connectivity index (χ4v) is 4.26. The summed E-state index contributed by atoms with van der Waals surface area (Å²) < 4.78 is 7.13.